The number of sulfonamides is 1. The number of carbonyl (C=O) groups is 1. The fourth-order valence-electron chi connectivity index (χ4n) is 2.81. The van der Waals surface area contributed by atoms with Crippen LogP contribution in [0.2, 0.25) is 0 Å². The van der Waals surface area contributed by atoms with Crippen molar-refractivity contribution in [1.29, 1.82) is 0 Å². The summed E-state index contributed by atoms with van der Waals surface area (Å²) in [4.78, 5) is 11.3. The van der Waals surface area contributed by atoms with Crippen LogP contribution < -0.4 is 9.62 Å². The van der Waals surface area contributed by atoms with E-state index >= 15 is 0 Å². The summed E-state index contributed by atoms with van der Waals surface area (Å²) in [5.41, 5.74) is 2.92. The van der Waals surface area contributed by atoms with Gasteiger partial charge in [-0.3, -0.25) is 9.10 Å². The minimum Gasteiger partial charge on any atom is -0.326 e. The average Bonchev–Trinajstić information content (AvgIpc) is 2.68. The molecule has 0 aliphatic heterocycles. The van der Waals surface area contributed by atoms with Gasteiger partial charge in [0.1, 0.15) is 0 Å². The van der Waals surface area contributed by atoms with E-state index in [-0.39, 0.29) is 10.8 Å². The molecule has 138 valence electrons. The highest BCUT2D eigenvalue weighted by Crippen LogP contribution is 2.33. The number of amides is 1. The van der Waals surface area contributed by atoms with Crippen molar-refractivity contribution in [3.63, 3.8) is 0 Å². The molecule has 0 aromatic heterocycles. The number of nitrogens with one attached hydrogen (secondary N) is 1. The standard InChI is InChI=1S/C21H20N2O3S/c1-16(24)22-18-12-14-19(15-13-18)27(25,26)23(2)21-11-7-6-10-20(21)17-8-4-3-5-9-17/h3-15H,1-2H3,(H,22,24). The molecule has 0 radical (unpaired) electrons. The van der Waals surface area contributed by atoms with E-state index in [1.165, 1.54) is 23.4 Å². The molecule has 0 heterocycles. The lowest BCUT2D eigenvalue weighted by Crippen LogP contribution is -2.27. The van der Waals surface area contributed by atoms with Crippen LogP contribution in [-0.2, 0) is 14.8 Å². The normalized spacial score (nSPS) is 11.0. The number of hydrogen-bond acceptors (Lipinski definition) is 3. The molecule has 0 aliphatic rings. The largest absolute Gasteiger partial charge is 0.326 e. The summed E-state index contributed by atoms with van der Waals surface area (Å²) in [5.74, 6) is -0.209. The summed E-state index contributed by atoms with van der Waals surface area (Å²) in [6.07, 6.45) is 0. The van der Waals surface area contributed by atoms with E-state index in [4.69, 9.17) is 0 Å². The Morgan fingerprint density at radius 1 is 0.852 bits per heavy atom. The molecule has 1 N–H and O–H groups in total. The van der Waals surface area contributed by atoms with E-state index in [2.05, 4.69) is 5.32 Å². The molecule has 0 unspecified atom stereocenters. The minimum atomic E-state index is -3.75. The number of anilines is 2. The fourth-order valence-corrected chi connectivity index (χ4v) is 4.03. The second-order valence-corrected chi connectivity index (χ2v) is 8.03. The first-order valence-electron chi connectivity index (χ1n) is 8.40. The first kappa shape index (κ1) is 18.7. The summed E-state index contributed by atoms with van der Waals surface area (Å²) in [6, 6.07) is 23.2. The SMILES string of the molecule is CC(=O)Nc1ccc(S(=O)(=O)N(C)c2ccccc2-c2ccccc2)cc1. The molecule has 6 heteroatoms. The second kappa shape index (κ2) is 7.63. The Morgan fingerprint density at radius 3 is 2.07 bits per heavy atom. The van der Waals surface area contributed by atoms with Crippen LogP contribution in [0.1, 0.15) is 6.92 Å². The Hall–Kier alpha value is -3.12. The number of nitrogens with zero attached hydrogens (tertiary/aromatic N) is 1. The Balaban J connectivity index is 1.98. The van der Waals surface area contributed by atoms with Gasteiger partial charge >= 0.3 is 0 Å². The maximum absolute atomic E-state index is 13.1. The molecule has 5 nitrogen and oxygen atoms in total. The molecule has 0 bridgehead atoms. The summed E-state index contributed by atoms with van der Waals surface area (Å²) in [7, 11) is -2.21. The summed E-state index contributed by atoms with van der Waals surface area (Å²) in [5, 5.41) is 2.63. The number of carbonyl (C=O) groups excluding carboxylic acids is 1. The summed E-state index contributed by atoms with van der Waals surface area (Å²) < 4.78 is 27.5. The minimum absolute atomic E-state index is 0.155. The molecular formula is C21H20N2O3S. The molecule has 0 aliphatic carbocycles. The Bertz CT molecular complexity index is 1050. The maximum atomic E-state index is 13.1. The van der Waals surface area contributed by atoms with Crippen LogP contribution in [0.3, 0.4) is 0 Å². The van der Waals surface area contributed by atoms with Gasteiger partial charge in [-0.2, -0.15) is 0 Å². The number of rotatable bonds is 5. The van der Waals surface area contributed by atoms with E-state index in [0.717, 1.165) is 11.1 Å². The van der Waals surface area contributed by atoms with Crippen LogP contribution in [0, 0.1) is 0 Å². The molecule has 0 fully saturated rings. The molecule has 0 saturated heterocycles. The number of benzene rings is 3. The van der Waals surface area contributed by atoms with Crippen LogP contribution in [0.15, 0.2) is 83.8 Å². The van der Waals surface area contributed by atoms with Gasteiger partial charge in [-0.15, -0.1) is 0 Å². The van der Waals surface area contributed by atoms with Gasteiger partial charge in [0.2, 0.25) is 5.91 Å². The Morgan fingerprint density at radius 2 is 1.44 bits per heavy atom. The van der Waals surface area contributed by atoms with E-state index in [0.29, 0.717) is 11.4 Å². The Kier molecular flexibility index (Phi) is 5.28. The number of para-hydroxylation sites is 1. The number of hydrogen-bond donors (Lipinski definition) is 1. The lowest BCUT2D eigenvalue weighted by atomic mass is 10.0. The summed E-state index contributed by atoms with van der Waals surface area (Å²) in [6.45, 7) is 1.40. The quantitative estimate of drug-likeness (QED) is 0.723. The highest BCUT2D eigenvalue weighted by atomic mass is 32.2. The monoisotopic (exact) mass is 380 g/mol. The smallest absolute Gasteiger partial charge is 0.264 e. The summed E-state index contributed by atoms with van der Waals surface area (Å²) >= 11 is 0. The second-order valence-electron chi connectivity index (χ2n) is 6.06. The zero-order valence-electron chi connectivity index (χ0n) is 15.1. The van der Waals surface area contributed by atoms with Crippen LogP contribution in [0.25, 0.3) is 11.1 Å². The van der Waals surface area contributed by atoms with Crippen molar-refractivity contribution < 1.29 is 13.2 Å². The lowest BCUT2D eigenvalue weighted by molar-refractivity contribution is -0.114. The van der Waals surface area contributed by atoms with Crippen molar-refractivity contribution in [2.75, 3.05) is 16.7 Å². The van der Waals surface area contributed by atoms with Crippen molar-refractivity contribution in [1.82, 2.24) is 0 Å². The molecule has 3 aromatic rings. The topological polar surface area (TPSA) is 66.5 Å². The van der Waals surface area contributed by atoms with Crippen molar-refractivity contribution in [2.45, 2.75) is 11.8 Å². The van der Waals surface area contributed by atoms with Crippen LogP contribution in [0.5, 0.6) is 0 Å². The highest BCUT2D eigenvalue weighted by Gasteiger charge is 2.23. The van der Waals surface area contributed by atoms with E-state index in [1.54, 1.807) is 25.2 Å². The van der Waals surface area contributed by atoms with Crippen LogP contribution in [0.4, 0.5) is 11.4 Å². The third-order valence-corrected chi connectivity index (χ3v) is 5.95. The molecule has 0 atom stereocenters. The lowest BCUT2D eigenvalue weighted by Gasteiger charge is -2.22. The van der Waals surface area contributed by atoms with Gasteiger partial charge in [0, 0.05) is 25.2 Å². The highest BCUT2D eigenvalue weighted by molar-refractivity contribution is 7.92. The molecule has 3 aromatic carbocycles. The molecule has 0 spiro atoms. The predicted molar refractivity (Wildman–Crippen MR) is 108 cm³/mol. The van der Waals surface area contributed by atoms with Crippen LogP contribution >= 0.6 is 0 Å². The van der Waals surface area contributed by atoms with Gasteiger partial charge in [-0.25, -0.2) is 8.42 Å². The molecule has 3 rings (SSSR count). The van der Waals surface area contributed by atoms with Crippen molar-refractivity contribution in [2.24, 2.45) is 0 Å². The molecular weight excluding hydrogens is 360 g/mol. The van der Waals surface area contributed by atoms with Gasteiger partial charge in [0.05, 0.1) is 10.6 Å². The van der Waals surface area contributed by atoms with Gasteiger partial charge in [0.15, 0.2) is 0 Å². The van der Waals surface area contributed by atoms with Crippen molar-refractivity contribution in [3.8, 4) is 11.1 Å². The Labute approximate surface area is 159 Å². The van der Waals surface area contributed by atoms with E-state index < -0.39 is 10.0 Å². The van der Waals surface area contributed by atoms with Crippen LogP contribution in [-0.4, -0.2) is 21.4 Å². The predicted octanol–water partition coefficient (Wildman–Crippen LogP) is 4.14. The zero-order chi connectivity index (χ0) is 19.4. The maximum Gasteiger partial charge on any atom is 0.264 e. The van der Waals surface area contributed by atoms with Gasteiger partial charge < -0.3 is 5.32 Å². The zero-order valence-corrected chi connectivity index (χ0v) is 15.9. The van der Waals surface area contributed by atoms with Crippen molar-refractivity contribution in [3.05, 3.63) is 78.9 Å². The first-order chi connectivity index (χ1) is 12.9. The van der Waals surface area contributed by atoms with Crippen molar-refractivity contribution >= 4 is 27.3 Å². The van der Waals surface area contributed by atoms with E-state index in [9.17, 15) is 13.2 Å². The van der Waals surface area contributed by atoms with Gasteiger partial charge in [-0.05, 0) is 35.9 Å². The van der Waals surface area contributed by atoms with Gasteiger partial charge in [-0.1, -0.05) is 48.5 Å². The first-order valence-corrected chi connectivity index (χ1v) is 9.84. The van der Waals surface area contributed by atoms with E-state index in [1.807, 2.05) is 48.5 Å². The average molecular weight is 380 g/mol. The molecule has 27 heavy (non-hydrogen) atoms. The molecule has 0 saturated carbocycles. The third kappa shape index (κ3) is 4.01. The molecule has 1 amide bonds. The fraction of sp³-hybridized carbons (Fsp3) is 0.0952. The van der Waals surface area contributed by atoms with Gasteiger partial charge in [0.25, 0.3) is 10.0 Å². The third-order valence-electron chi connectivity index (χ3n) is 4.16.